The second-order valence-electron chi connectivity index (χ2n) is 7.86. The van der Waals surface area contributed by atoms with Gasteiger partial charge < -0.3 is 15.9 Å². The first-order chi connectivity index (χ1) is 16.5. The van der Waals surface area contributed by atoms with Crippen LogP contribution >= 0.6 is 31.9 Å². The predicted molar refractivity (Wildman–Crippen MR) is 139 cm³/mol. The predicted octanol–water partition coefficient (Wildman–Crippen LogP) is 6.77. The second-order valence-corrected chi connectivity index (χ2v) is 11.0. The van der Waals surface area contributed by atoms with Crippen LogP contribution in [-0.2, 0) is 0 Å². The zero-order valence-electron chi connectivity index (χ0n) is 17.6. The number of phenolic OH excluding ortho intramolecular Hbond substituents is 2. The fourth-order valence-electron chi connectivity index (χ4n) is 4.17. The van der Waals surface area contributed by atoms with Crippen molar-refractivity contribution < 1.29 is 15.0 Å². The number of benzene rings is 4. The van der Waals surface area contributed by atoms with Crippen LogP contribution in [-0.4, -0.2) is 20.7 Å². The molecule has 0 aliphatic heterocycles. The van der Waals surface area contributed by atoms with Crippen molar-refractivity contribution >= 4 is 54.2 Å². The van der Waals surface area contributed by atoms with Crippen LogP contribution in [0.3, 0.4) is 0 Å². The van der Waals surface area contributed by atoms with Gasteiger partial charge in [-0.15, -0.1) is 0 Å². The molecular formula is C26H17N2O3PS2. The van der Waals surface area contributed by atoms with Crippen molar-refractivity contribution in [3.8, 4) is 22.4 Å². The lowest BCUT2D eigenvalue weighted by atomic mass is 9.87. The van der Waals surface area contributed by atoms with E-state index in [-0.39, 0.29) is 25.6 Å². The summed E-state index contributed by atoms with van der Waals surface area (Å²) >= 11 is 2.97. The van der Waals surface area contributed by atoms with E-state index in [4.69, 9.17) is 10.5 Å². The highest BCUT2D eigenvalue weighted by molar-refractivity contribution is 7.99. The number of rotatable bonds is 4. The van der Waals surface area contributed by atoms with Crippen LogP contribution in [0, 0.1) is 0 Å². The summed E-state index contributed by atoms with van der Waals surface area (Å²) in [6, 6.07) is 21.5. The summed E-state index contributed by atoms with van der Waals surface area (Å²) in [7, 11) is 0.188. The van der Waals surface area contributed by atoms with Crippen LogP contribution in [0.15, 0.2) is 92.4 Å². The van der Waals surface area contributed by atoms with Crippen molar-refractivity contribution in [2.45, 2.75) is 19.6 Å². The number of aromatic hydroxyl groups is 2. The van der Waals surface area contributed by atoms with E-state index in [0.29, 0.717) is 16.8 Å². The molecule has 0 fully saturated rings. The van der Waals surface area contributed by atoms with Crippen LogP contribution in [0.4, 0.5) is 5.69 Å². The highest BCUT2D eigenvalue weighted by Gasteiger charge is 2.33. The van der Waals surface area contributed by atoms with Gasteiger partial charge in [0.2, 0.25) is 0 Å². The van der Waals surface area contributed by atoms with Gasteiger partial charge in [-0.2, -0.15) is 0 Å². The number of fused-ring (bicyclic) bond motifs is 2. The minimum Gasteiger partial charge on any atom is -0.508 e. The molecule has 166 valence electrons. The largest absolute Gasteiger partial charge is 0.508 e. The molecule has 5 nitrogen and oxygen atoms in total. The number of aromatic nitrogens is 1. The van der Waals surface area contributed by atoms with Crippen molar-refractivity contribution in [2.75, 3.05) is 5.73 Å². The van der Waals surface area contributed by atoms with Gasteiger partial charge in [0, 0.05) is 52.6 Å². The Balaban J connectivity index is 1.54. The molecule has 1 heterocycles. The lowest BCUT2D eigenvalue weighted by Crippen LogP contribution is -2.13. The monoisotopic (exact) mass is 500 g/mol. The van der Waals surface area contributed by atoms with Gasteiger partial charge in [0.1, 0.15) is 11.5 Å². The normalized spacial score (nSPS) is 12.4. The fourth-order valence-corrected chi connectivity index (χ4v) is 7.25. The molecule has 1 aliphatic carbocycles. The van der Waals surface area contributed by atoms with Crippen LogP contribution in [0.1, 0.15) is 15.9 Å². The molecular weight excluding hydrogens is 483 g/mol. The van der Waals surface area contributed by atoms with E-state index >= 15 is 0 Å². The summed E-state index contributed by atoms with van der Waals surface area (Å²) in [6.45, 7) is 0. The Bertz CT molecular complexity index is 1600. The zero-order chi connectivity index (χ0) is 23.4. The van der Waals surface area contributed by atoms with Gasteiger partial charge in [0.15, 0.2) is 5.78 Å². The maximum absolute atomic E-state index is 14.1. The average molecular weight is 501 g/mol. The van der Waals surface area contributed by atoms with Crippen LogP contribution in [0.25, 0.3) is 21.8 Å². The highest BCUT2D eigenvalue weighted by atomic mass is 32.2. The molecule has 0 spiro atoms. The standard InChI is InChI=1S/C26H17N2O3PS2/c27-17-9-11-19(33-15-5-1-13(29)2-6-15)23-21(17)26-22-18(28-32-26)10-12-20(24(22)25(23)31)34-16-7-3-14(30)4-8-16/h1-12,29-30,32H,27H2. The summed E-state index contributed by atoms with van der Waals surface area (Å²) < 4.78 is 4.72. The van der Waals surface area contributed by atoms with Crippen LogP contribution in [0.5, 0.6) is 11.5 Å². The zero-order valence-corrected chi connectivity index (χ0v) is 20.2. The number of carbonyl (C=O) groups excluding carboxylic acids is 1. The van der Waals surface area contributed by atoms with Gasteiger partial charge in [-0.1, -0.05) is 23.5 Å². The molecule has 1 atom stereocenters. The average Bonchev–Trinajstić information content (AvgIpc) is 3.26. The van der Waals surface area contributed by atoms with Gasteiger partial charge in [-0.05, 0) is 81.1 Å². The van der Waals surface area contributed by atoms with Gasteiger partial charge in [0.25, 0.3) is 0 Å². The van der Waals surface area contributed by atoms with E-state index < -0.39 is 0 Å². The molecule has 4 aromatic carbocycles. The Morgan fingerprint density at radius 3 is 1.88 bits per heavy atom. The molecule has 5 aromatic rings. The lowest BCUT2D eigenvalue weighted by molar-refractivity contribution is 0.103. The maximum atomic E-state index is 14.1. The molecule has 0 radical (unpaired) electrons. The fraction of sp³-hybridized carbons (Fsp3) is 0. The Morgan fingerprint density at radius 1 is 0.706 bits per heavy atom. The maximum Gasteiger partial charge on any atom is 0.196 e. The van der Waals surface area contributed by atoms with Crippen LogP contribution < -0.4 is 5.73 Å². The molecule has 4 N–H and O–H groups in total. The van der Waals surface area contributed by atoms with Gasteiger partial charge in [-0.25, -0.2) is 4.75 Å². The minimum atomic E-state index is -0.0626. The van der Waals surface area contributed by atoms with E-state index in [9.17, 15) is 15.0 Å². The smallest absolute Gasteiger partial charge is 0.196 e. The summed E-state index contributed by atoms with van der Waals surface area (Å²) in [5.74, 6) is 0.334. The Morgan fingerprint density at radius 2 is 1.26 bits per heavy atom. The number of hydrogen-bond acceptors (Lipinski definition) is 7. The quantitative estimate of drug-likeness (QED) is 0.230. The summed E-state index contributed by atoms with van der Waals surface area (Å²) in [4.78, 5) is 17.6. The molecule has 1 aliphatic rings. The number of nitrogens with zero attached hydrogens (tertiary/aromatic N) is 1. The van der Waals surface area contributed by atoms with E-state index in [1.165, 1.54) is 23.5 Å². The summed E-state index contributed by atoms with van der Waals surface area (Å²) in [5.41, 5.74) is 9.88. The van der Waals surface area contributed by atoms with Crippen molar-refractivity contribution in [3.05, 3.63) is 83.9 Å². The van der Waals surface area contributed by atoms with E-state index in [0.717, 1.165) is 41.3 Å². The van der Waals surface area contributed by atoms with Gasteiger partial charge >= 0.3 is 0 Å². The third-order valence-electron chi connectivity index (χ3n) is 5.72. The first kappa shape index (κ1) is 21.2. The third-order valence-corrected chi connectivity index (χ3v) is 8.93. The number of hydrogen-bond donors (Lipinski definition) is 3. The molecule has 8 heteroatoms. The molecule has 0 saturated heterocycles. The van der Waals surface area contributed by atoms with Crippen molar-refractivity contribution in [1.29, 1.82) is 0 Å². The topological polar surface area (TPSA) is 96.4 Å². The first-order valence-corrected chi connectivity index (χ1v) is 13.0. The van der Waals surface area contributed by atoms with Crippen molar-refractivity contribution in [1.82, 2.24) is 4.75 Å². The Kier molecular flexibility index (Phi) is 5.06. The first-order valence-electron chi connectivity index (χ1n) is 10.4. The van der Waals surface area contributed by atoms with E-state index in [1.54, 1.807) is 24.3 Å². The number of nitrogens with two attached hydrogens (primary N) is 1. The number of anilines is 1. The summed E-state index contributed by atoms with van der Waals surface area (Å²) in [6.07, 6.45) is 0. The van der Waals surface area contributed by atoms with Gasteiger partial charge in [0.05, 0.1) is 5.52 Å². The number of carbonyl (C=O) groups is 1. The number of phenols is 2. The van der Waals surface area contributed by atoms with E-state index in [2.05, 4.69) is 0 Å². The SMILES string of the molecule is Nc1ccc(Sc2ccc(O)cc2)c2c1-c1[pH]nc3ccc(Sc4ccc(O)cc4)c(c13)C2=O. The third kappa shape index (κ3) is 3.44. The Hall–Kier alpha value is -3.38. The molecule has 34 heavy (non-hydrogen) atoms. The molecule has 1 unspecified atom stereocenters. The molecule has 6 rings (SSSR count). The van der Waals surface area contributed by atoms with Gasteiger partial charge in [-0.3, -0.25) is 4.79 Å². The van der Waals surface area contributed by atoms with Crippen LogP contribution in [0.2, 0.25) is 0 Å². The van der Waals surface area contributed by atoms with Crippen molar-refractivity contribution in [3.63, 3.8) is 0 Å². The molecule has 1 aromatic heterocycles. The summed E-state index contributed by atoms with van der Waals surface area (Å²) in [5, 5.41) is 21.2. The lowest BCUT2D eigenvalue weighted by Gasteiger charge is -2.22. The Labute approximate surface area is 205 Å². The number of nitrogen functional groups attached to an aromatic ring is 1. The van der Waals surface area contributed by atoms with Crippen molar-refractivity contribution in [2.24, 2.45) is 0 Å². The molecule has 0 saturated carbocycles. The second kappa shape index (κ2) is 8.13. The minimum absolute atomic E-state index is 0.0626. The molecule has 0 amide bonds. The highest BCUT2D eigenvalue weighted by Crippen LogP contribution is 2.52. The number of ketones is 1. The molecule has 0 bridgehead atoms. The van der Waals surface area contributed by atoms with E-state index in [1.807, 2.05) is 48.5 Å².